The van der Waals surface area contributed by atoms with Crippen LogP contribution in [-0.2, 0) is 11.3 Å². The molecular weight excluding hydrogens is 333 g/mol. The second-order valence-electron chi connectivity index (χ2n) is 6.44. The number of allylic oxidation sites excluding steroid dienone is 1. The van der Waals surface area contributed by atoms with Crippen LogP contribution in [0.3, 0.4) is 0 Å². The maximum atomic E-state index is 12.7. The number of para-hydroxylation sites is 1. The average Bonchev–Trinajstić information content (AvgIpc) is 2.52. The highest BCUT2D eigenvalue weighted by molar-refractivity contribution is 5.78. The molecule has 0 bridgehead atoms. The van der Waals surface area contributed by atoms with Crippen molar-refractivity contribution in [3.05, 3.63) is 41.5 Å². The van der Waals surface area contributed by atoms with Gasteiger partial charge in [0.05, 0.1) is 6.54 Å². The normalized spacial score (nSPS) is 16.8. The van der Waals surface area contributed by atoms with E-state index in [0.29, 0.717) is 18.8 Å². The maximum absolute atomic E-state index is 12.7. The molecule has 0 fully saturated rings. The number of benzene rings is 1. The molecule has 1 atom stereocenters. The highest BCUT2D eigenvalue weighted by Gasteiger charge is 2.39. The average molecular weight is 356 g/mol. The highest BCUT2D eigenvalue weighted by atomic mass is 19.4. The Hall–Kier alpha value is -2.02. The van der Waals surface area contributed by atoms with Gasteiger partial charge in [0.15, 0.2) is 6.10 Å². The van der Waals surface area contributed by atoms with Crippen LogP contribution < -0.4 is 4.90 Å². The summed E-state index contributed by atoms with van der Waals surface area (Å²) < 4.78 is 38.2. The van der Waals surface area contributed by atoms with Crippen molar-refractivity contribution in [1.29, 1.82) is 0 Å². The summed E-state index contributed by atoms with van der Waals surface area (Å²) in [5.74, 6) is -0.112. The van der Waals surface area contributed by atoms with Crippen molar-refractivity contribution >= 4 is 11.6 Å². The van der Waals surface area contributed by atoms with Crippen LogP contribution in [0, 0.1) is 0 Å². The lowest BCUT2D eigenvalue weighted by molar-refractivity contribution is -0.200. The number of carbonyl (C=O) groups is 1. The van der Waals surface area contributed by atoms with Crippen molar-refractivity contribution in [2.75, 3.05) is 24.5 Å². The Morgan fingerprint density at radius 1 is 1.28 bits per heavy atom. The second kappa shape index (κ2) is 7.91. The van der Waals surface area contributed by atoms with Crippen LogP contribution in [0.25, 0.3) is 0 Å². The first-order valence-corrected chi connectivity index (χ1v) is 8.17. The number of carbonyl (C=O) groups excluding carboxylic acids is 1. The molecule has 0 spiro atoms. The Kier molecular flexibility index (Phi) is 6.11. The van der Waals surface area contributed by atoms with Crippen LogP contribution in [-0.4, -0.2) is 47.8 Å². The molecule has 1 aromatic carbocycles. The van der Waals surface area contributed by atoms with Gasteiger partial charge in [-0.25, -0.2) is 0 Å². The van der Waals surface area contributed by atoms with E-state index in [9.17, 15) is 23.1 Å². The number of aliphatic hydroxyl groups excluding tert-OH is 1. The van der Waals surface area contributed by atoms with E-state index in [0.717, 1.165) is 11.1 Å². The van der Waals surface area contributed by atoms with E-state index >= 15 is 0 Å². The van der Waals surface area contributed by atoms with Crippen molar-refractivity contribution in [2.24, 2.45) is 0 Å². The summed E-state index contributed by atoms with van der Waals surface area (Å²) in [6, 6.07) is 7.07. The Morgan fingerprint density at radius 2 is 1.96 bits per heavy atom. The molecule has 1 aliphatic rings. The summed E-state index contributed by atoms with van der Waals surface area (Å²) >= 11 is 0. The van der Waals surface area contributed by atoms with Gasteiger partial charge < -0.3 is 14.9 Å². The van der Waals surface area contributed by atoms with E-state index in [1.165, 1.54) is 4.90 Å². The fourth-order valence-corrected chi connectivity index (χ4v) is 2.72. The number of rotatable bonds is 4. The molecule has 2 rings (SSSR count). The predicted molar refractivity (Wildman–Crippen MR) is 90.2 cm³/mol. The molecule has 0 saturated carbocycles. The number of halogens is 3. The van der Waals surface area contributed by atoms with Crippen LogP contribution in [0.5, 0.6) is 0 Å². The Morgan fingerprint density at radius 3 is 2.60 bits per heavy atom. The number of alkyl halides is 3. The second-order valence-corrected chi connectivity index (χ2v) is 6.44. The summed E-state index contributed by atoms with van der Waals surface area (Å²) in [6.45, 7) is 4.25. The van der Waals surface area contributed by atoms with Crippen LogP contribution in [0.4, 0.5) is 18.9 Å². The number of hydrogen-bond acceptors (Lipinski definition) is 3. The van der Waals surface area contributed by atoms with Gasteiger partial charge in [-0.2, -0.15) is 13.2 Å². The third kappa shape index (κ3) is 5.22. The lowest BCUT2D eigenvalue weighted by atomic mass is 10.1. The quantitative estimate of drug-likeness (QED) is 0.843. The summed E-state index contributed by atoms with van der Waals surface area (Å²) in [6.07, 6.45) is -5.07. The van der Waals surface area contributed by atoms with E-state index in [4.69, 9.17) is 0 Å². The van der Waals surface area contributed by atoms with E-state index in [-0.39, 0.29) is 18.9 Å². The number of anilines is 1. The number of aliphatic hydroxyl groups is 1. The van der Waals surface area contributed by atoms with Gasteiger partial charge in [0.1, 0.15) is 0 Å². The molecule has 1 amide bonds. The molecule has 138 valence electrons. The van der Waals surface area contributed by atoms with Crippen molar-refractivity contribution in [3.8, 4) is 0 Å². The molecule has 1 aromatic rings. The van der Waals surface area contributed by atoms with E-state index in [1.54, 1.807) is 29.2 Å². The summed E-state index contributed by atoms with van der Waals surface area (Å²) in [5, 5.41) is 9.42. The third-order valence-corrected chi connectivity index (χ3v) is 4.13. The van der Waals surface area contributed by atoms with Crippen molar-refractivity contribution < 1.29 is 23.1 Å². The lowest BCUT2D eigenvalue weighted by Crippen LogP contribution is -2.44. The summed E-state index contributed by atoms with van der Waals surface area (Å²) in [7, 11) is 0. The molecular formula is C18H23F3N2O2. The Balaban J connectivity index is 2.27. The van der Waals surface area contributed by atoms with Crippen molar-refractivity contribution in [2.45, 2.75) is 39.1 Å². The van der Waals surface area contributed by atoms with Crippen LogP contribution in [0.2, 0.25) is 0 Å². The third-order valence-electron chi connectivity index (χ3n) is 4.13. The monoisotopic (exact) mass is 356 g/mol. The van der Waals surface area contributed by atoms with Gasteiger partial charge in [0.2, 0.25) is 5.91 Å². The van der Waals surface area contributed by atoms with Gasteiger partial charge in [-0.3, -0.25) is 4.79 Å². The SMILES string of the molecule is CC(C)=CCN1Cc2ccccc2N(CC(O)C(F)(F)F)CCC1=O. The standard InChI is InChI=1S/C18H23F3N2O2/c1-13(2)7-9-23-11-14-5-3-4-6-15(14)22(10-8-17(23)25)12-16(24)18(19,20)21/h3-7,16,24H,8-12H2,1-2H3. The minimum Gasteiger partial charge on any atom is -0.382 e. The van der Waals surface area contributed by atoms with Crippen LogP contribution in [0.1, 0.15) is 25.8 Å². The van der Waals surface area contributed by atoms with Gasteiger partial charge in [-0.15, -0.1) is 0 Å². The fraction of sp³-hybridized carbons (Fsp3) is 0.500. The zero-order chi connectivity index (χ0) is 18.6. The summed E-state index contributed by atoms with van der Waals surface area (Å²) in [4.78, 5) is 15.5. The Bertz CT molecular complexity index is 639. The number of hydrogen-bond donors (Lipinski definition) is 1. The molecule has 0 aliphatic carbocycles. The minimum absolute atomic E-state index is 0.107. The largest absolute Gasteiger partial charge is 0.416 e. The molecule has 0 saturated heterocycles. The fourth-order valence-electron chi connectivity index (χ4n) is 2.72. The maximum Gasteiger partial charge on any atom is 0.416 e. The number of fused-ring (bicyclic) bond motifs is 1. The first-order valence-electron chi connectivity index (χ1n) is 8.17. The molecule has 1 N–H and O–H groups in total. The molecule has 1 aliphatic heterocycles. The smallest absolute Gasteiger partial charge is 0.382 e. The number of amides is 1. The van der Waals surface area contributed by atoms with Gasteiger partial charge >= 0.3 is 6.18 Å². The lowest BCUT2D eigenvalue weighted by Gasteiger charge is -2.34. The van der Waals surface area contributed by atoms with Crippen molar-refractivity contribution in [1.82, 2.24) is 4.90 Å². The van der Waals surface area contributed by atoms with Gasteiger partial charge in [0, 0.05) is 31.7 Å². The van der Waals surface area contributed by atoms with E-state index < -0.39 is 18.8 Å². The number of β-amino-alcohol motifs (C(OH)–C–C–N with tert-alkyl or cyclic N) is 1. The topological polar surface area (TPSA) is 43.8 Å². The molecule has 1 heterocycles. The molecule has 0 radical (unpaired) electrons. The molecule has 4 nitrogen and oxygen atoms in total. The first kappa shape index (κ1) is 19.3. The van der Waals surface area contributed by atoms with Crippen LogP contribution in [0.15, 0.2) is 35.9 Å². The summed E-state index contributed by atoms with van der Waals surface area (Å²) in [5.41, 5.74) is 2.49. The zero-order valence-corrected chi connectivity index (χ0v) is 14.4. The van der Waals surface area contributed by atoms with Gasteiger partial charge in [-0.1, -0.05) is 29.8 Å². The highest BCUT2D eigenvalue weighted by Crippen LogP contribution is 2.28. The van der Waals surface area contributed by atoms with E-state index in [2.05, 4.69) is 0 Å². The zero-order valence-electron chi connectivity index (χ0n) is 14.4. The van der Waals surface area contributed by atoms with Gasteiger partial charge in [-0.05, 0) is 25.5 Å². The first-order chi connectivity index (χ1) is 11.7. The van der Waals surface area contributed by atoms with Crippen molar-refractivity contribution in [3.63, 3.8) is 0 Å². The van der Waals surface area contributed by atoms with Gasteiger partial charge in [0.25, 0.3) is 0 Å². The number of nitrogens with zero attached hydrogens (tertiary/aromatic N) is 2. The molecule has 1 unspecified atom stereocenters. The Labute approximate surface area is 145 Å². The van der Waals surface area contributed by atoms with E-state index in [1.807, 2.05) is 19.9 Å². The minimum atomic E-state index is -4.68. The molecule has 7 heteroatoms. The molecule has 25 heavy (non-hydrogen) atoms. The predicted octanol–water partition coefficient (Wildman–Crippen LogP) is 3.11. The van der Waals surface area contributed by atoms with Crippen LogP contribution >= 0.6 is 0 Å². The molecule has 0 aromatic heterocycles.